The predicted molar refractivity (Wildman–Crippen MR) is 84.0 cm³/mol. The largest absolute Gasteiger partial charge is 0.325 e. The minimum Gasteiger partial charge on any atom is -0.319 e. The van der Waals surface area contributed by atoms with Crippen molar-refractivity contribution in [2.45, 2.75) is 19.0 Å². The van der Waals surface area contributed by atoms with Crippen LogP contribution in [0, 0.1) is 17.1 Å². The van der Waals surface area contributed by atoms with Gasteiger partial charge >= 0.3 is 6.03 Å². The summed E-state index contributed by atoms with van der Waals surface area (Å²) in [7, 11) is 0. The van der Waals surface area contributed by atoms with Crippen LogP contribution in [0.5, 0.6) is 0 Å². The first-order valence-electron chi connectivity index (χ1n) is 7.33. The number of hydrogen-bond donors (Lipinski definition) is 1. The van der Waals surface area contributed by atoms with E-state index in [1.54, 1.807) is 31.2 Å². The summed E-state index contributed by atoms with van der Waals surface area (Å²) in [5.74, 6) is -0.764. The first kappa shape index (κ1) is 15.7. The maximum atomic E-state index is 13.0. The molecular weight excluding hydrogens is 309 g/mol. The highest BCUT2D eigenvalue weighted by molar-refractivity contribution is 6.07. The van der Waals surface area contributed by atoms with Crippen LogP contribution in [0.2, 0.25) is 0 Å². The van der Waals surface area contributed by atoms with E-state index in [0.29, 0.717) is 16.7 Å². The maximum absolute atomic E-state index is 13.0. The molecular formula is C18H14FN3O2. The van der Waals surface area contributed by atoms with Gasteiger partial charge in [0.2, 0.25) is 0 Å². The smallest absolute Gasteiger partial charge is 0.319 e. The molecule has 0 bridgehead atoms. The van der Waals surface area contributed by atoms with Crippen LogP contribution >= 0.6 is 0 Å². The molecule has 5 nitrogen and oxygen atoms in total. The Morgan fingerprint density at radius 3 is 2.33 bits per heavy atom. The fourth-order valence-electron chi connectivity index (χ4n) is 2.69. The molecule has 1 N–H and O–H groups in total. The van der Waals surface area contributed by atoms with Crippen LogP contribution < -0.4 is 5.32 Å². The standard InChI is InChI=1S/C18H14FN3O2/c1-18(14-6-2-12(10-20)3-7-14)16(23)22(17(24)21-18)11-13-4-8-15(19)9-5-13/h2-9H,11H2,1H3,(H,21,24). The third-order valence-corrected chi connectivity index (χ3v) is 4.12. The maximum Gasteiger partial charge on any atom is 0.325 e. The van der Waals surface area contributed by atoms with Gasteiger partial charge < -0.3 is 5.32 Å². The van der Waals surface area contributed by atoms with E-state index in [4.69, 9.17) is 5.26 Å². The molecule has 1 aliphatic rings. The number of carbonyl (C=O) groups is 2. The number of benzene rings is 2. The van der Waals surface area contributed by atoms with Crippen LogP contribution in [0.25, 0.3) is 0 Å². The highest BCUT2D eigenvalue weighted by atomic mass is 19.1. The van der Waals surface area contributed by atoms with Gasteiger partial charge in [-0.2, -0.15) is 5.26 Å². The van der Waals surface area contributed by atoms with Crippen LogP contribution in [-0.4, -0.2) is 16.8 Å². The molecule has 0 saturated carbocycles. The number of imide groups is 1. The topological polar surface area (TPSA) is 73.2 Å². The average molecular weight is 323 g/mol. The molecule has 1 heterocycles. The SMILES string of the molecule is CC1(c2ccc(C#N)cc2)NC(=O)N(Cc2ccc(F)cc2)C1=O. The zero-order chi connectivity index (χ0) is 17.3. The van der Waals surface area contributed by atoms with Gasteiger partial charge in [-0.25, -0.2) is 9.18 Å². The average Bonchev–Trinajstić information content (AvgIpc) is 2.81. The molecule has 2 aromatic carbocycles. The highest BCUT2D eigenvalue weighted by Crippen LogP contribution is 2.30. The Hall–Kier alpha value is -3.20. The Balaban J connectivity index is 1.87. The summed E-state index contributed by atoms with van der Waals surface area (Å²) in [4.78, 5) is 26.1. The first-order valence-corrected chi connectivity index (χ1v) is 7.33. The van der Waals surface area contributed by atoms with Gasteiger partial charge in [0, 0.05) is 0 Å². The Morgan fingerprint density at radius 2 is 1.75 bits per heavy atom. The van der Waals surface area contributed by atoms with Crippen molar-refractivity contribution in [3.05, 3.63) is 71.0 Å². The molecule has 3 rings (SSSR count). The zero-order valence-electron chi connectivity index (χ0n) is 12.9. The van der Waals surface area contributed by atoms with E-state index >= 15 is 0 Å². The molecule has 1 unspecified atom stereocenters. The predicted octanol–water partition coefficient (Wildman–Crippen LogP) is 2.66. The minimum atomic E-state index is -1.19. The molecule has 0 aromatic heterocycles. The van der Waals surface area contributed by atoms with Crippen LogP contribution in [0.1, 0.15) is 23.6 Å². The Bertz CT molecular complexity index is 840. The lowest BCUT2D eigenvalue weighted by Gasteiger charge is -2.22. The number of nitrogens with one attached hydrogen (secondary N) is 1. The molecule has 3 amide bonds. The number of halogens is 1. The van der Waals surface area contributed by atoms with E-state index in [-0.39, 0.29) is 18.3 Å². The second-order valence-electron chi connectivity index (χ2n) is 5.76. The lowest BCUT2D eigenvalue weighted by molar-refractivity contribution is -0.131. The molecule has 1 fully saturated rings. The van der Waals surface area contributed by atoms with Crippen molar-refractivity contribution < 1.29 is 14.0 Å². The molecule has 0 radical (unpaired) electrons. The summed E-state index contributed by atoms with van der Waals surface area (Å²) in [5, 5.41) is 11.6. The van der Waals surface area contributed by atoms with Crippen molar-refractivity contribution in [3.8, 4) is 6.07 Å². The Labute approximate surface area is 138 Å². The summed E-state index contributed by atoms with van der Waals surface area (Å²) in [5.41, 5.74) is 0.540. The van der Waals surface area contributed by atoms with Crippen LogP contribution in [-0.2, 0) is 16.9 Å². The fourth-order valence-corrected chi connectivity index (χ4v) is 2.69. The van der Waals surface area contributed by atoms with E-state index < -0.39 is 11.6 Å². The number of amides is 3. The number of carbonyl (C=O) groups excluding carboxylic acids is 2. The molecule has 1 atom stereocenters. The summed E-state index contributed by atoms with van der Waals surface area (Å²) < 4.78 is 13.0. The normalized spacial score (nSPS) is 20.0. The van der Waals surface area contributed by atoms with Gasteiger partial charge in [-0.1, -0.05) is 24.3 Å². The third kappa shape index (κ3) is 2.61. The van der Waals surface area contributed by atoms with Gasteiger partial charge in [0.25, 0.3) is 5.91 Å². The number of rotatable bonds is 3. The monoisotopic (exact) mass is 323 g/mol. The van der Waals surface area contributed by atoms with E-state index in [2.05, 4.69) is 5.32 Å². The number of nitrogens with zero attached hydrogens (tertiary/aromatic N) is 2. The molecule has 1 saturated heterocycles. The lowest BCUT2D eigenvalue weighted by Crippen LogP contribution is -2.40. The van der Waals surface area contributed by atoms with E-state index in [1.165, 1.54) is 24.3 Å². The molecule has 0 spiro atoms. The number of urea groups is 1. The van der Waals surface area contributed by atoms with Crippen molar-refractivity contribution in [3.63, 3.8) is 0 Å². The van der Waals surface area contributed by atoms with Gasteiger partial charge in [0.05, 0.1) is 18.2 Å². The Kier molecular flexibility index (Phi) is 3.78. The van der Waals surface area contributed by atoms with Gasteiger partial charge in [0.15, 0.2) is 0 Å². The van der Waals surface area contributed by atoms with Gasteiger partial charge in [-0.3, -0.25) is 9.69 Å². The van der Waals surface area contributed by atoms with Gasteiger partial charge in [0.1, 0.15) is 11.4 Å². The second kappa shape index (κ2) is 5.78. The summed E-state index contributed by atoms with van der Waals surface area (Å²) in [6.45, 7) is 1.69. The summed E-state index contributed by atoms with van der Waals surface area (Å²) >= 11 is 0. The lowest BCUT2D eigenvalue weighted by atomic mass is 9.91. The third-order valence-electron chi connectivity index (χ3n) is 4.12. The van der Waals surface area contributed by atoms with Crippen molar-refractivity contribution in [1.29, 1.82) is 5.26 Å². The molecule has 120 valence electrons. The van der Waals surface area contributed by atoms with E-state index in [9.17, 15) is 14.0 Å². The highest BCUT2D eigenvalue weighted by Gasteiger charge is 2.48. The molecule has 2 aromatic rings. The number of hydrogen-bond acceptors (Lipinski definition) is 3. The van der Waals surface area contributed by atoms with Crippen LogP contribution in [0.3, 0.4) is 0 Å². The van der Waals surface area contributed by atoms with Gasteiger partial charge in [-0.05, 0) is 42.3 Å². The van der Waals surface area contributed by atoms with Crippen LogP contribution in [0.15, 0.2) is 48.5 Å². The van der Waals surface area contributed by atoms with E-state index in [1.807, 2.05) is 6.07 Å². The fraction of sp³-hybridized carbons (Fsp3) is 0.167. The van der Waals surface area contributed by atoms with Crippen molar-refractivity contribution >= 4 is 11.9 Å². The van der Waals surface area contributed by atoms with Crippen molar-refractivity contribution in [2.75, 3.05) is 0 Å². The van der Waals surface area contributed by atoms with E-state index in [0.717, 1.165) is 4.90 Å². The summed E-state index contributed by atoms with van der Waals surface area (Å²) in [6.07, 6.45) is 0. The minimum absolute atomic E-state index is 0.0663. The summed E-state index contributed by atoms with van der Waals surface area (Å²) in [6, 6.07) is 13.6. The van der Waals surface area contributed by atoms with Crippen LogP contribution in [0.4, 0.5) is 9.18 Å². The van der Waals surface area contributed by atoms with Crippen molar-refractivity contribution in [1.82, 2.24) is 10.2 Å². The molecule has 24 heavy (non-hydrogen) atoms. The molecule has 0 aliphatic carbocycles. The second-order valence-corrected chi connectivity index (χ2v) is 5.76. The zero-order valence-corrected chi connectivity index (χ0v) is 12.9. The molecule has 6 heteroatoms. The first-order chi connectivity index (χ1) is 11.4. The number of nitriles is 1. The van der Waals surface area contributed by atoms with Gasteiger partial charge in [-0.15, -0.1) is 0 Å². The Morgan fingerprint density at radius 1 is 1.12 bits per heavy atom. The molecule has 1 aliphatic heterocycles. The van der Waals surface area contributed by atoms with Crippen molar-refractivity contribution in [2.24, 2.45) is 0 Å². The quantitative estimate of drug-likeness (QED) is 0.883.